The zero-order valence-corrected chi connectivity index (χ0v) is 13.0. The van der Waals surface area contributed by atoms with Gasteiger partial charge in [-0.05, 0) is 50.6 Å². The molecule has 1 heterocycles. The van der Waals surface area contributed by atoms with Crippen LogP contribution in [0.3, 0.4) is 0 Å². The lowest BCUT2D eigenvalue weighted by molar-refractivity contribution is 0.421. The van der Waals surface area contributed by atoms with Crippen LogP contribution in [-0.4, -0.2) is 10.5 Å². The highest BCUT2D eigenvalue weighted by Crippen LogP contribution is 2.29. The number of nitrogens with zero attached hydrogens (tertiary/aromatic N) is 1. The summed E-state index contributed by atoms with van der Waals surface area (Å²) < 4.78 is 18.6. The molecule has 5 heteroatoms. The number of pyridine rings is 1. The van der Waals surface area contributed by atoms with Crippen molar-refractivity contribution in [3.63, 3.8) is 0 Å². The molecule has 2 rings (SSSR count). The quantitative estimate of drug-likeness (QED) is 0.899. The minimum atomic E-state index is -0.400. The first-order valence-corrected chi connectivity index (χ1v) is 7.04. The molecular weight excluding hydrogens is 291 g/mol. The SMILES string of the molecule is CC(C)(C)NCc1ccnc(Oc2ccc(F)cc2Cl)c1. The Hall–Kier alpha value is -1.65. The summed E-state index contributed by atoms with van der Waals surface area (Å²) in [4.78, 5) is 4.14. The van der Waals surface area contributed by atoms with Gasteiger partial charge in [0, 0.05) is 24.3 Å². The van der Waals surface area contributed by atoms with E-state index < -0.39 is 5.82 Å². The van der Waals surface area contributed by atoms with Crippen molar-refractivity contribution < 1.29 is 9.13 Å². The lowest BCUT2D eigenvalue weighted by Crippen LogP contribution is -2.35. The van der Waals surface area contributed by atoms with Crippen LogP contribution >= 0.6 is 11.6 Å². The third kappa shape index (κ3) is 4.99. The first-order valence-electron chi connectivity index (χ1n) is 6.66. The Kier molecular flexibility index (Phi) is 4.80. The third-order valence-corrected chi connectivity index (χ3v) is 3.03. The van der Waals surface area contributed by atoms with Gasteiger partial charge in [-0.1, -0.05) is 11.6 Å². The van der Waals surface area contributed by atoms with Gasteiger partial charge >= 0.3 is 0 Å². The molecule has 0 amide bonds. The van der Waals surface area contributed by atoms with Crippen LogP contribution in [-0.2, 0) is 6.54 Å². The summed E-state index contributed by atoms with van der Waals surface area (Å²) in [7, 11) is 0. The largest absolute Gasteiger partial charge is 0.437 e. The van der Waals surface area contributed by atoms with E-state index in [1.54, 1.807) is 6.20 Å². The first-order chi connectivity index (χ1) is 9.83. The van der Waals surface area contributed by atoms with Crippen molar-refractivity contribution >= 4 is 11.6 Å². The fraction of sp³-hybridized carbons (Fsp3) is 0.312. The normalized spacial score (nSPS) is 11.5. The molecule has 3 nitrogen and oxygen atoms in total. The molecule has 0 radical (unpaired) electrons. The molecule has 0 saturated heterocycles. The van der Waals surface area contributed by atoms with Gasteiger partial charge in [-0.15, -0.1) is 0 Å². The van der Waals surface area contributed by atoms with Crippen LogP contribution in [0.25, 0.3) is 0 Å². The van der Waals surface area contributed by atoms with Crippen LogP contribution in [0.1, 0.15) is 26.3 Å². The van der Waals surface area contributed by atoms with Crippen LogP contribution in [0.5, 0.6) is 11.6 Å². The standard InChI is InChI=1S/C16H18ClFN2O/c1-16(2,3)20-10-11-6-7-19-15(8-11)21-14-5-4-12(18)9-13(14)17/h4-9,20H,10H2,1-3H3. The fourth-order valence-corrected chi connectivity index (χ4v) is 1.86. The third-order valence-electron chi connectivity index (χ3n) is 2.73. The van der Waals surface area contributed by atoms with E-state index in [2.05, 4.69) is 31.1 Å². The molecule has 0 unspecified atom stereocenters. The van der Waals surface area contributed by atoms with E-state index >= 15 is 0 Å². The molecule has 0 atom stereocenters. The number of hydrogen-bond acceptors (Lipinski definition) is 3. The van der Waals surface area contributed by atoms with Crippen molar-refractivity contribution in [3.05, 3.63) is 52.9 Å². The zero-order chi connectivity index (χ0) is 15.5. The molecule has 21 heavy (non-hydrogen) atoms. The van der Waals surface area contributed by atoms with Gasteiger partial charge in [0.1, 0.15) is 11.6 Å². The number of benzene rings is 1. The minimum Gasteiger partial charge on any atom is -0.437 e. The number of ether oxygens (including phenoxy) is 1. The summed E-state index contributed by atoms with van der Waals surface area (Å²) in [5.74, 6) is 0.409. The van der Waals surface area contributed by atoms with Gasteiger partial charge in [0.25, 0.3) is 0 Å². The topological polar surface area (TPSA) is 34.2 Å². The Morgan fingerprint density at radius 1 is 1.24 bits per heavy atom. The molecule has 112 valence electrons. The van der Waals surface area contributed by atoms with Crippen LogP contribution in [0.2, 0.25) is 5.02 Å². The van der Waals surface area contributed by atoms with Crippen LogP contribution in [0.4, 0.5) is 4.39 Å². The fourth-order valence-electron chi connectivity index (χ4n) is 1.65. The zero-order valence-electron chi connectivity index (χ0n) is 12.3. The molecule has 0 bridgehead atoms. The highest BCUT2D eigenvalue weighted by atomic mass is 35.5. The molecule has 0 aliphatic rings. The van der Waals surface area contributed by atoms with E-state index in [0.717, 1.165) is 5.56 Å². The predicted octanol–water partition coefficient (Wildman–Crippen LogP) is 4.55. The molecule has 1 aromatic heterocycles. The lowest BCUT2D eigenvalue weighted by atomic mass is 10.1. The molecule has 0 aliphatic carbocycles. The maximum Gasteiger partial charge on any atom is 0.219 e. The van der Waals surface area contributed by atoms with Gasteiger partial charge in [0.05, 0.1) is 5.02 Å². The van der Waals surface area contributed by atoms with E-state index in [9.17, 15) is 4.39 Å². The van der Waals surface area contributed by atoms with Gasteiger partial charge < -0.3 is 10.1 Å². The highest BCUT2D eigenvalue weighted by Gasteiger charge is 2.10. The van der Waals surface area contributed by atoms with Crippen molar-refractivity contribution in [2.75, 3.05) is 0 Å². The molecule has 1 N–H and O–H groups in total. The molecule has 0 saturated carbocycles. The number of rotatable bonds is 4. The molecule has 1 aromatic carbocycles. The maximum atomic E-state index is 13.0. The predicted molar refractivity (Wildman–Crippen MR) is 82.3 cm³/mol. The van der Waals surface area contributed by atoms with Crippen molar-refractivity contribution in [1.29, 1.82) is 0 Å². The van der Waals surface area contributed by atoms with Crippen molar-refractivity contribution in [2.24, 2.45) is 0 Å². The Balaban J connectivity index is 2.10. The summed E-state index contributed by atoms with van der Waals surface area (Å²) in [6.07, 6.45) is 1.67. The van der Waals surface area contributed by atoms with E-state index in [-0.39, 0.29) is 10.6 Å². The summed E-state index contributed by atoms with van der Waals surface area (Å²) in [6.45, 7) is 7.01. The van der Waals surface area contributed by atoms with Crippen LogP contribution in [0.15, 0.2) is 36.5 Å². The second kappa shape index (κ2) is 6.41. The smallest absolute Gasteiger partial charge is 0.219 e. The van der Waals surface area contributed by atoms with Crippen molar-refractivity contribution in [2.45, 2.75) is 32.9 Å². The van der Waals surface area contributed by atoms with Crippen LogP contribution < -0.4 is 10.1 Å². The molecule has 0 spiro atoms. The van der Waals surface area contributed by atoms with Gasteiger partial charge in [-0.25, -0.2) is 9.37 Å². The van der Waals surface area contributed by atoms with Crippen LogP contribution in [0, 0.1) is 5.82 Å². The molecule has 0 fully saturated rings. The van der Waals surface area contributed by atoms with Gasteiger partial charge in [-0.2, -0.15) is 0 Å². The Labute approximate surface area is 129 Å². The lowest BCUT2D eigenvalue weighted by Gasteiger charge is -2.20. The monoisotopic (exact) mass is 308 g/mol. The Morgan fingerprint density at radius 2 is 2.00 bits per heavy atom. The van der Waals surface area contributed by atoms with E-state index in [1.807, 2.05) is 12.1 Å². The van der Waals surface area contributed by atoms with E-state index in [1.165, 1.54) is 18.2 Å². The first kappa shape index (κ1) is 15.7. The van der Waals surface area contributed by atoms with Gasteiger partial charge in [0.15, 0.2) is 0 Å². The number of halogens is 2. The second-order valence-electron chi connectivity index (χ2n) is 5.78. The van der Waals surface area contributed by atoms with Crippen molar-refractivity contribution in [1.82, 2.24) is 10.3 Å². The van der Waals surface area contributed by atoms with E-state index in [0.29, 0.717) is 18.2 Å². The Bertz CT molecular complexity index is 626. The average Bonchev–Trinajstić information content (AvgIpc) is 2.39. The summed E-state index contributed by atoms with van der Waals surface area (Å²) in [5.41, 5.74) is 1.08. The second-order valence-corrected chi connectivity index (χ2v) is 6.19. The van der Waals surface area contributed by atoms with E-state index in [4.69, 9.17) is 16.3 Å². The number of hydrogen-bond donors (Lipinski definition) is 1. The van der Waals surface area contributed by atoms with Crippen molar-refractivity contribution in [3.8, 4) is 11.6 Å². The van der Waals surface area contributed by atoms with Gasteiger partial charge in [-0.3, -0.25) is 0 Å². The summed E-state index contributed by atoms with van der Waals surface area (Å²) in [6, 6.07) is 7.74. The number of aromatic nitrogens is 1. The minimum absolute atomic E-state index is 0.0323. The maximum absolute atomic E-state index is 13.0. The molecular formula is C16H18ClFN2O. The average molecular weight is 309 g/mol. The summed E-state index contributed by atoms with van der Waals surface area (Å²) in [5, 5.41) is 3.61. The van der Waals surface area contributed by atoms with Gasteiger partial charge in [0.2, 0.25) is 5.88 Å². The Morgan fingerprint density at radius 3 is 2.67 bits per heavy atom. The summed E-state index contributed by atoms with van der Waals surface area (Å²) >= 11 is 5.94. The molecule has 2 aromatic rings. The highest BCUT2D eigenvalue weighted by molar-refractivity contribution is 6.32. The molecule has 0 aliphatic heterocycles. The number of nitrogens with one attached hydrogen (secondary N) is 1.